The molecule has 0 saturated carbocycles. The molecule has 1 aromatic carbocycles. The van der Waals surface area contributed by atoms with E-state index >= 15 is 0 Å². The van der Waals surface area contributed by atoms with E-state index < -0.39 is 11.6 Å². The predicted octanol–water partition coefficient (Wildman–Crippen LogP) is 2.91. The number of rotatable bonds is 2. The zero-order valence-corrected chi connectivity index (χ0v) is 12.1. The van der Waals surface area contributed by atoms with Gasteiger partial charge in [0.1, 0.15) is 11.6 Å². The molecule has 5 heteroatoms. The first-order chi connectivity index (χ1) is 8.50. The van der Waals surface area contributed by atoms with Crippen molar-refractivity contribution in [3.8, 4) is 0 Å². The van der Waals surface area contributed by atoms with Gasteiger partial charge in [-0.15, -0.1) is 0 Å². The highest BCUT2D eigenvalue weighted by molar-refractivity contribution is 9.10. The summed E-state index contributed by atoms with van der Waals surface area (Å²) in [5, 5.41) is 3.30. The van der Waals surface area contributed by atoms with E-state index in [0.717, 1.165) is 13.1 Å². The van der Waals surface area contributed by atoms with E-state index in [1.54, 1.807) is 0 Å². The Balaban J connectivity index is 2.25. The van der Waals surface area contributed by atoms with Crippen LogP contribution in [0.1, 0.15) is 19.4 Å². The Morgan fingerprint density at radius 2 is 1.89 bits per heavy atom. The number of nitrogens with one attached hydrogen (secondary N) is 1. The molecule has 0 aromatic heterocycles. The molecule has 1 aliphatic heterocycles. The number of hydrogen-bond donors (Lipinski definition) is 1. The standard InChI is InChI=1S/C13H17BrF2N2/c1-8-5-17-6-9(2)18(8)7-10-12(15)4-3-11(14)13(10)16/h3-4,8-9,17H,5-7H2,1-2H3. The average Bonchev–Trinajstić information content (AvgIpc) is 2.33. The van der Waals surface area contributed by atoms with Gasteiger partial charge in [0.25, 0.3) is 0 Å². The minimum absolute atomic E-state index is 0.143. The molecule has 1 saturated heterocycles. The second-order valence-electron chi connectivity index (χ2n) is 4.85. The SMILES string of the molecule is CC1CNCC(C)N1Cc1c(F)ccc(Br)c1F. The molecule has 1 fully saturated rings. The van der Waals surface area contributed by atoms with Crippen LogP contribution in [0.5, 0.6) is 0 Å². The fourth-order valence-corrected chi connectivity index (χ4v) is 2.75. The molecule has 0 aliphatic carbocycles. The number of benzene rings is 1. The van der Waals surface area contributed by atoms with E-state index in [1.165, 1.54) is 12.1 Å². The summed E-state index contributed by atoms with van der Waals surface area (Å²) in [4.78, 5) is 2.13. The van der Waals surface area contributed by atoms with Crippen molar-refractivity contribution < 1.29 is 8.78 Å². The maximum Gasteiger partial charge on any atom is 0.144 e. The van der Waals surface area contributed by atoms with Gasteiger partial charge in [0.05, 0.1) is 4.47 Å². The summed E-state index contributed by atoms with van der Waals surface area (Å²) in [6.07, 6.45) is 0. The maximum atomic E-state index is 13.9. The van der Waals surface area contributed by atoms with Crippen LogP contribution in [0.25, 0.3) is 0 Å². The van der Waals surface area contributed by atoms with Gasteiger partial charge in [0.2, 0.25) is 0 Å². The lowest BCUT2D eigenvalue weighted by atomic mass is 10.1. The van der Waals surface area contributed by atoms with Crippen LogP contribution in [0.3, 0.4) is 0 Å². The summed E-state index contributed by atoms with van der Waals surface area (Å²) >= 11 is 3.10. The van der Waals surface area contributed by atoms with Gasteiger partial charge in [0, 0.05) is 37.3 Å². The molecular weight excluding hydrogens is 302 g/mol. The van der Waals surface area contributed by atoms with E-state index in [1.807, 2.05) is 0 Å². The highest BCUT2D eigenvalue weighted by Crippen LogP contribution is 2.24. The lowest BCUT2D eigenvalue weighted by molar-refractivity contribution is 0.106. The summed E-state index contributed by atoms with van der Waals surface area (Å²) in [6, 6.07) is 3.25. The van der Waals surface area contributed by atoms with Crippen molar-refractivity contribution in [3.05, 3.63) is 33.8 Å². The molecular formula is C13H17BrF2N2. The van der Waals surface area contributed by atoms with Gasteiger partial charge in [-0.05, 0) is 41.9 Å². The summed E-state index contributed by atoms with van der Waals surface area (Å²) in [5.41, 5.74) is 0.143. The van der Waals surface area contributed by atoms with Gasteiger partial charge in [-0.2, -0.15) is 0 Å². The average molecular weight is 319 g/mol. The number of piperazine rings is 1. The van der Waals surface area contributed by atoms with E-state index in [4.69, 9.17) is 0 Å². The van der Waals surface area contributed by atoms with Crippen molar-refractivity contribution in [1.82, 2.24) is 10.2 Å². The summed E-state index contributed by atoms with van der Waals surface area (Å²) in [6.45, 7) is 6.14. The first-order valence-electron chi connectivity index (χ1n) is 6.09. The quantitative estimate of drug-likeness (QED) is 0.843. The smallest absolute Gasteiger partial charge is 0.144 e. The Bertz CT molecular complexity index is 429. The molecule has 0 amide bonds. The van der Waals surface area contributed by atoms with E-state index in [2.05, 4.69) is 40.0 Å². The van der Waals surface area contributed by atoms with Crippen LogP contribution in [0.4, 0.5) is 8.78 Å². The van der Waals surface area contributed by atoms with Crippen LogP contribution in [-0.2, 0) is 6.54 Å². The van der Waals surface area contributed by atoms with E-state index in [9.17, 15) is 8.78 Å². The van der Waals surface area contributed by atoms with Gasteiger partial charge in [0.15, 0.2) is 0 Å². The van der Waals surface area contributed by atoms with Gasteiger partial charge >= 0.3 is 0 Å². The summed E-state index contributed by atoms with van der Waals surface area (Å²) in [7, 11) is 0. The Morgan fingerprint density at radius 3 is 2.50 bits per heavy atom. The van der Waals surface area contributed by atoms with Crippen molar-refractivity contribution in [1.29, 1.82) is 0 Å². The van der Waals surface area contributed by atoms with Crippen molar-refractivity contribution in [2.24, 2.45) is 0 Å². The highest BCUT2D eigenvalue weighted by Gasteiger charge is 2.26. The largest absolute Gasteiger partial charge is 0.314 e. The molecule has 2 nitrogen and oxygen atoms in total. The van der Waals surface area contributed by atoms with Crippen molar-refractivity contribution in [2.75, 3.05) is 13.1 Å². The second-order valence-corrected chi connectivity index (χ2v) is 5.70. The molecule has 2 unspecified atom stereocenters. The number of nitrogens with zero attached hydrogens (tertiary/aromatic N) is 1. The molecule has 2 atom stereocenters. The minimum atomic E-state index is -0.493. The molecule has 0 bridgehead atoms. The predicted molar refractivity (Wildman–Crippen MR) is 71.4 cm³/mol. The topological polar surface area (TPSA) is 15.3 Å². The lowest BCUT2D eigenvalue weighted by Gasteiger charge is -2.39. The zero-order valence-electron chi connectivity index (χ0n) is 10.5. The Hall–Kier alpha value is -0.520. The maximum absolute atomic E-state index is 13.9. The van der Waals surface area contributed by atoms with Gasteiger partial charge in [-0.1, -0.05) is 0 Å². The van der Waals surface area contributed by atoms with Gasteiger partial charge < -0.3 is 5.32 Å². The molecule has 1 aliphatic rings. The number of hydrogen-bond acceptors (Lipinski definition) is 2. The fourth-order valence-electron chi connectivity index (χ4n) is 2.38. The molecule has 100 valence electrons. The molecule has 1 heterocycles. The van der Waals surface area contributed by atoms with Crippen molar-refractivity contribution in [3.63, 3.8) is 0 Å². The molecule has 0 radical (unpaired) electrons. The van der Waals surface area contributed by atoms with E-state index in [-0.39, 0.29) is 17.6 Å². The van der Waals surface area contributed by atoms with Gasteiger partial charge in [-0.25, -0.2) is 8.78 Å². The van der Waals surface area contributed by atoms with Crippen LogP contribution >= 0.6 is 15.9 Å². The third-order valence-electron chi connectivity index (χ3n) is 3.49. The Labute approximate surface area is 114 Å². The van der Waals surface area contributed by atoms with Crippen LogP contribution in [-0.4, -0.2) is 30.1 Å². The third kappa shape index (κ3) is 2.73. The van der Waals surface area contributed by atoms with Crippen molar-refractivity contribution >= 4 is 15.9 Å². The summed E-state index contributed by atoms with van der Waals surface area (Å²) in [5.74, 6) is -0.971. The van der Waals surface area contributed by atoms with E-state index in [0.29, 0.717) is 11.0 Å². The fraction of sp³-hybridized carbons (Fsp3) is 0.538. The van der Waals surface area contributed by atoms with Crippen LogP contribution in [0.2, 0.25) is 0 Å². The van der Waals surface area contributed by atoms with Crippen LogP contribution in [0, 0.1) is 11.6 Å². The highest BCUT2D eigenvalue weighted by atomic mass is 79.9. The third-order valence-corrected chi connectivity index (χ3v) is 4.10. The van der Waals surface area contributed by atoms with Crippen molar-refractivity contribution in [2.45, 2.75) is 32.5 Å². The molecule has 0 spiro atoms. The van der Waals surface area contributed by atoms with Crippen LogP contribution < -0.4 is 5.32 Å². The molecule has 1 N–H and O–H groups in total. The molecule has 18 heavy (non-hydrogen) atoms. The normalized spacial score (nSPS) is 25.4. The first kappa shape index (κ1) is 13.9. The molecule has 2 rings (SSSR count). The lowest BCUT2D eigenvalue weighted by Crippen LogP contribution is -2.54. The second kappa shape index (κ2) is 5.63. The Morgan fingerprint density at radius 1 is 1.28 bits per heavy atom. The first-order valence-corrected chi connectivity index (χ1v) is 6.89. The Kier molecular flexibility index (Phi) is 4.35. The number of halogens is 3. The molecule has 1 aromatic rings. The minimum Gasteiger partial charge on any atom is -0.314 e. The summed E-state index contributed by atoms with van der Waals surface area (Å²) < 4.78 is 28.0. The monoisotopic (exact) mass is 318 g/mol. The van der Waals surface area contributed by atoms with Crippen LogP contribution in [0.15, 0.2) is 16.6 Å². The van der Waals surface area contributed by atoms with Gasteiger partial charge in [-0.3, -0.25) is 4.90 Å². The zero-order chi connectivity index (χ0) is 13.3.